The minimum absolute atomic E-state index is 0.0580. The Morgan fingerprint density at radius 3 is 1.60 bits per heavy atom. The van der Waals surface area contributed by atoms with Crippen LogP contribution in [0.2, 0.25) is 0 Å². The van der Waals surface area contributed by atoms with Gasteiger partial charge in [-0.1, -0.05) is 145 Å². The molecule has 7 aromatic rings. The van der Waals surface area contributed by atoms with Crippen LogP contribution in [0.1, 0.15) is 58.2 Å². The summed E-state index contributed by atoms with van der Waals surface area (Å²) < 4.78 is 2.32. The van der Waals surface area contributed by atoms with Crippen LogP contribution in [-0.2, 0) is 10.8 Å². The Hall–Kier alpha value is -5.35. The summed E-state index contributed by atoms with van der Waals surface area (Å²) in [6.07, 6.45) is 1.94. The number of hydrogen-bond donors (Lipinski definition) is 0. The van der Waals surface area contributed by atoms with Crippen LogP contribution in [-0.4, -0.2) is 19.5 Å². The van der Waals surface area contributed by atoms with Crippen LogP contribution in [0.3, 0.4) is 0 Å². The third-order valence-electron chi connectivity index (χ3n) is 8.97. The quantitative estimate of drug-likeness (QED) is 0.194. The van der Waals surface area contributed by atoms with Crippen LogP contribution >= 0.6 is 0 Å². The predicted molar refractivity (Wildman–Crippen MR) is 198 cm³/mol. The molecule has 0 fully saturated rings. The van der Waals surface area contributed by atoms with Gasteiger partial charge in [0.2, 0.25) is 0 Å². The van der Waals surface area contributed by atoms with Gasteiger partial charge >= 0.3 is 0 Å². The molecule has 0 amide bonds. The first-order chi connectivity index (χ1) is 22.5. The van der Waals surface area contributed by atoms with Crippen molar-refractivity contribution in [3.8, 4) is 39.9 Å². The van der Waals surface area contributed by atoms with Gasteiger partial charge in [-0.15, -0.1) is 0 Å². The zero-order valence-corrected chi connectivity index (χ0v) is 28.0. The first-order valence-electron chi connectivity index (χ1n) is 16.2. The third-order valence-corrected chi connectivity index (χ3v) is 8.97. The molecule has 47 heavy (non-hydrogen) atoms. The Bertz CT molecular complexity index is 2180. The molecule has 0 spiro atoms. The monoisotopic (exact) mass is 612 g/mol. The van der Waals surface area contributed by atoms with Crippen LogP contribution in [0.15, 0.2) is 122 Å². The van der Waals surface area contributed by atoms with Gasteiger partial charge in [0.15, 0.2) is 17.5 Å². The summed E-state index contributed by atoms with van der Waals surface area (Å²) in [5.74, 6) is 1.95. The van der Waals surface area contributed by atoms with E-state index in [9.17, 15) is 0 Å². The minimum Gasteiger partial charge on any atom is -0.309 e. The average Bonchev–Trinajstić information content (AvgIpc) is 3.42. The third kappa shape index (κ3) is 5.65. The van der Waals surface area contributed by atoms with E-state index in [2.05, 4.69) is 168 Å². The molecule has 4 nitrogen and oxygen atoms in total. The molecule has 2 aromatic heterocycles. The van der Waals surface area contributed by atoms with E-state index in [1.807, 2.05) is 6.08 Å². The second kappa shape index (κ2) is 11.5. The molecule has 0 aliphatic heterocycles. The number of fused-ring (bicyclic) bond motifs is 3. The van der Waals surface area contributed by atoms with Crippen molar-refractivity contribution in [3.63, 3.8) is 0 Å². The summed E-state index contributed by atoms with van der Waals surface area (Å²) in [4.78, 5) is 15.2. The van der Waals surface area contributed by atoms with Gasteiger partial charge in [-0.3, -0.25) is 0 Å². The zero-order valence-electron chi connectivity index (χ0n) is 28.0. The van der Waals surface area contributed by atoms with Crippen LogP contribution < -0.4 is 0 Å². The fraction of sp³-hybridized carbons (Fsp3) is 0.186. The Morgan fingerprint density at radius 1 is 0.532 bits per heavy atom. The molecule has 0 radical (unpaired) electrons. The molecule has 2 heterocycles. The van der Waals surface area contributed by atoms with Crippen molar-refractivity contribution in [1.29, 1.82) is 0 Å². The number of para-hydroxylation sites is 1. The van der Waals surface area contributed by atoms with E-state index in [4.69, 9.17) is 15.0 Å². The number of rotatable bonds is 5. The van der Waals surface area contributed by atoms with Crippen LogP contribution in [0, 0.1) is 0 Å². The lowest BCUT2D eigenvalue weighted by Gasteiger charge is -2.19. The lowest BCUT2D eigenvalue weighted by Crippen LogP contribution is -2.10. The molecule has 7 rings (SSSR count). The average molecular weight is 613 g/mol. The summed E-state index contributed by atoms with van der Waals surface area (Å²) in [7, 11) is 0. The standard InChI is InChI=1S/C43H40N4/c1-8-28-13-12-18-37-38(28)35-16-9-10-17-36(35)47(37)34-15-11-14-31(27-34)41-45-39(29-19-23-32(24-20-29)42(2,3)4)44-40(46-41)30-21-25-33(26-22-30)43(5,6)7/h8-27H,1H2,2-7H3. The Balaban J connectivity index is 1.40. The second-order valence-corrected chi connectivity index (χ2v) is 14.3. The van der Waals surface area contributed by atoms with Crippen molar-refractivity contribution in [2.24, 2.45) is 0 Å². The molecular weight excluding hydrogens is 573 g/mol. The first kappa shape index (κ1) is 30.3. The fourth-order valence-electron chi connectivity index (χ4n) is 6.28. The van der Waals surface area contributed by atoms with Crippen molar-refractivity contribution in [3.05, 3.63) is 139 Å². The first-order valence-corrected chi connectivity index (χ1v) is 16.2. The molecule has 0 unspecified atom stereocenters. The molecule has 0 aliphatic carbocycles. The van der Waals surface area contributed by atoms with Crippen molar-refractivity contribution in [1.82, 2.24) is 19.5 Å². The van der Waals surface area contributed by atoms with Gasteiger partial charge in [0, 0.05) is 33.2 Å². The van der Waals surface area contributed by atoms with Gasteiger partial charge in [0.1, 0.15) is 0 Å². The largest absolute Gasteiger partial charge is 0.309 e. The van der Waals surface area contributed by atoms with E-state index in [0.717, 1.165) is 39.0 Å². The maximum Gasteiger partial charge on any atom is 0.164 e. The lowest BCUT2D eigenvalue weighted by atomic mass is 9.86. The van der Waals surface area contributed by atoms with Gasteiger partial charge in [-0.2, -0.15) is 0 Å². The topological polar surface area (TPSA) is 43.6 Å². The molecule has 0 atom stereocenters. The fourth-order valence-corrected chi connectivity index (χ4v) is 6.28. The summed E-state index contributed by atoms with van der Waals surface area (Å²) in [5, 5.41) is 2.40. The summed E-state index contributed by atoms with van der Waals surface area (Å²) >= 11 is 0. The molecule has 0 N–H and O–H groups in total. The van der Waals surface area contributed by atoms with E-state index in [0.29, 0.717) is 17.5 Å². The SMILES string of the molecule is C=Cc1cccc2c1c1ccccc1n2-c1cccc(-c2nc(-c3ccc(C(C)(C)C)cc3)nc(-c3ccc(C(C)(C)C)cc3)n2)c1. The maximum atomic E-state index is 5.08. The highest BCUT2D eigenvalue weighted by Crippen LogP contribution is 2.36. The molecule has 0 aliphatic rings. The van der Waals surface area contributed by atoms with Crippen LogP contribution in [0.4, 0.5) is 0 Å². The highest BCUT2D eigenvalue weighted by Gasteiger charge is 2.19. The van der Waals surface area contributed by atoms with Crippen molar-refractivity contribution >= 4 is 27.9 Å². The van der Waals surface area contributed by atoms with Crippen LogP contribution in [0.5, 0.6) is 0 Å². The second-order valence-electron chi connectivity index (χ2n) is 14.3. The number of benzene rings is 5. The lowest BCUT2D eigenvalue weighted by molar-refractivity contribution is 0.590. The van der Waals surface area contributed by atoms with Crippen molar-refractivity contribution < 1.29 is 0 Å². The van der Waals surface area contributed by atoms with Gasteiger partial charge in [0.05, 0.1) is 11.0 Å². The van der Waals surface area contributed by atoms with Gasteiger partial charge in [0.25, 0.3) is 0 Å². The number of aromatic nitrogens is 4. The Morgan fingerprint density at radius 2 is 1.04 bits per heavy atom. The Labute approximate surface area is 277 Å². The molecule has 4 heteroatoms. The Kier molecular flexibility index (Phi) is 7.40. The van der Waals surface area contributed by atoms with Gasteiger partial charge in [-0.05, 0) is 51.8 Å². The normalized spacial score (nSPS) is 12.1. The van der Waals surface area contributed by atoms with E-state index < -0.39 is 0 Å². The van der Waals surface area contributed by atoms with Crippen molar-refractivity contribution in [2.45, 2.75) is 52.4 Å². The molecule has 0 bridgehead atoms. The predicted octanol–water partition coefficient (Wildman–Crippen LogP) is 11.2. The molecule has 0 saturated heterocycles. The summed E-state index contributed by atoms with van der Waals surface area (Å²) in [6, 6.07) is 40.6. The number of nitrogens with zero attached hydrogens (tertiary/aromatic N) is 4. The molecule has 0 saturated carbocycles. The van der Waals surface area contributed by atoms with E-state index >= 15 is 0 Å². The summed E-state index contributed by atoms with van der Waals surface area (Å²) in [6.45, 7) is 17.5. The number of hydrogen-bond acceptors (Lipinski definition) is 3. The van der Waals surface area contributed by atoms with E-state index in [1.165, 1.54) is 21.9 Å². The molecule has 232 valence electrons. The van der Waals surface area contributed by atoms with Gasteiger partial charge < -0.3 is 4.57 Å². The highest BCUT2D eigenvalue weighted by molar-refractivity contribution is 6.12. The van der Waals surface area contributed by atoms with Gasteiger partial charge in [-0.25, -0.2) is 15.0 Å². The maximum absolute atomic E-state index is 5.08. The summed E-state index contributed by atoms with van der Waals surface area (Å²) in [5.41, 5.74) is 9.95. The van der Waals surface area contributed by atoms with E-state index in [1.54, 1.807) is 0 Å². The zero-order chi connectivity index (χ0) is 32.9. The minimum atomic E-state index is 0.0580. The molecular formula is C43H40N4. The van der Waals surface area contributed by atoms with E-state index in [-0.39, 0.29) is 10.8 Å². The highest BCUT2D eigenvalue weighted by atomic mass is 15.0. The van der Waals surface area contributed by atoms with Crippen molar-refractivity contribution in [2.75, 3.05) is 0 Å². The van der Waals surface area contributed by atoms with Crippen LogP contribution in [0.25, 0.3) is 67.7 Å². The molecule has 5 aromatic carbocycles. The smallest absolute Gasteiger partial charge is 0.164 e.